The van der Waals surface area contributed by atoms with Crippen LogP contribution in [0.5, 0.6) is 0 Å². The summed E-state index contributed by atoms with van der Waals surface area (Å²) < 4.78 is 23.4. The van der Waals surface area contributed by atoms with E-state index in [2.05, 4.69) is 11.8 Å². The van der Waals surface area contributed by atoms with Crippen molar-refractivity contribution >= 4 is 11.8 Å². The maximum Gasteiger partial charge on any atom is 0.309 e. The highest BCUT2D eigenvalue weighted by Gasteiger charge is 2.45. The number of aliphatic hydroxyl groups excluding tert-OH is 1. The maximum atomic E-state index is 13.1. The van der Waals surface area contributed by atoms with Crippen LogP contribution >= 0.6 is 0 Å². The van der Waals surface area contributed by atoms with Crippen LogP contribution in [0.4, 0.5) is 0 Å². The topological polar surface area (TPSA) is 101 Å². The van der Waals surface area contributed by atoms with E-state index in [4.69, 9.17) is 18.9 Å². The number of Topliss-reactive ketones (excluding diaryl/α,β-unsaturated/α-hetero) is 1. The smallest absolute Gasteiger partial charge is 0.309 e. The van der Waals surface area contributed by atoms with E-state index in [1.807, 2.05) is 39.9 Å². The van der Waals surface area contributed by atoms with Crippen LogP contribution in [0.25, 0.3) is 0 Å². The van der Waals surface area contributed by atoms with Crippen LogP contribution in [0.2, 0.25) is 0 Å². The van der Waals surface area contributed by atoms with Crippen LogP contribution in [-0.4, -0.2) is 97.5 Å². The summed E-state index contributed by atoms with van der Waals surface area (Å²) in [5.41, 5.74) is -0.638. The molecule has 0 aromatic heterocycles. The molecule has 0 aromatic carbocycles. The number of cyclic esters (lactones) is 1. The van der Waals surface area contributed by atoms with Gasteiger partial charge in [-0.25, -0.2) is 0 Å². The summed E-state index contributed by atoms with van der Waals surface area (Å²) in [5, 5.41) is 10.4. The monoisotopic (exact) mass is 512 g/mol. The second-order valence-corrected chi connectivity index (χ2v) is 11.7. The molecule has 208 valence electrons. The van der Waals surface area contributed by atoms with Gasteiger partial charge in [-0.05, 0) is 67.1 Å². The number of hydrogen-bond donors (Lipinski definition) is 1. The molecule has 3 heterocycles. The number of ketones is 1. The van der Waals surface area contributed by atoms with Gasteiger partial charge in [0, 0.05) is 24.9 Å². The molecule has 8 unspecified atom stereocenters. The third-order valence-corrected chi connectivity index (χ3v) is 7.90. The van der Waals surface area contributed by atoms with Gasteiger partial charge in [0.2, 0.25) is 6.29 Å². The van der Waals surface area contributed by atoms with Gasteiger partial charge in [-0.15, -0.1) is 0 Å². The quantitative estimate of drug-likeness (QED) is 0.440. The van der Waals surface area contributed by atoms with Crippen molar-refractivity contribution in [2.45, 2.75) is 115 Å². The first-order valence-electron chi connectivity index (χ1n) is 13.7. The number of esters is 1. The molecule has 36 heavy (non-hydrogen) atoms. The number of carbonyl (C=O) groups is 2. The molecular weight excluding hydrogens is 464 g/mol. The van der Waals surface area contributed by atoms with Crippen LogP contribution in [-0.2, 0) is 28.5 Å². The zero-order chi connectivity index (χ0) is 26.5. The Kier molecular flexibility index (Phi) is 10.7. The minimum atomic E-state index is -0.844. The van der Waals surface area contributed by atoms with Gasteiger partial charge in [0.25, 0.3) is 0 Å². The number of aliphatic hydroxyl groups is 1. The fraction of sp³-hybridized carbons (Fsp3) is 0.926. The van der Waals surface area contributed by atoms with Gasteiger partial charge in [0.15, 0.2) is 18.3 Å². The third-order valence-electron chi connectivity index (χ3n) is 7.90. The van der Waals surface area contributed by atoms with Gasteiger partial charge < -0.3 is 29.0 Å². The van der Waals surface area contributed by atoms with Crippen LogP contribution in [0.3, 0.4) is 0 Å². The summed E-state index contributed by atoms with van der Waals surface area (Å²) in [6.45, 7) is 6.93. The van der Waals surface area contributed by atoms with Crippen molar-refractivity contribution in [3.8, 4) is 0 Å². The maximum absolute atomic E-state index is 13.1. The summed E-state index contributed by atoms with van der Waals surface area (Å²) in [6, 6.07) is 0.201. The normalized spacial score (nSPS) is 40.4. The van der Waals surface area contributed by atoms with Crippen molar-refractivity contribution in [3.63, 3.8) is 0 Å². The highest BCUT2D eigenvalue weighted by atomic mass is 16.8. The Bertz CT molecular complexity index is 735. The van der Waals surface area contributed by atoms with Crippen molar-refractivity contribution in [2.75, 3.05) is 34.3 Å². The lowest BCUT2D eigenvalue weighted by Crippen LogP contribution is -2.44. The third kappa shape index (κ3) is 8.46. The Morgan fingerprint density at radius 1 is 1.11 bits per heavy atom. The predicted molar refractivity (Wildman–Crippen MR) is 135 cm³/mol. The van der Waals surface area contributed by atoms with Crippen molar-refractivity contribution < 1.29 is 33.6 Å². The average Bonchev–Trinajstić information content (AvgIpc) is 3.58. The van der Waals surface area contributed by atoms with Gasteiger partial charge in [-0.2, -0.15) is 0 Å². The zero-order valence-corrected chi connectivity index (χ0v) is 23.1. The van der Waals surface area contributed by atoms with E-state index in [9.17, 15) is 14.7 Å². The minimum absolute atomic E-state index is 0.0884. The van der Waals surface area contributed by atoms with Gasteiger partial charge in [-0.1, -0.05) is 26.2 Å². The molecule has 3 saturated heterocycles. The van der Waals surface area contributed by atoms with Crippen LogP contribution in [0, 0.1) is 11.8 Å². The molecule has 9 heteroatoms. The van der Waals surface area contributed by atoms with Gasteiger partial charge in [-0.3, -0.25) is 14.5 Å². The Hall–Kier alpha value is -1.10. The van der Waals surface area contributed by atoms with E-state index in [0.29, 0.717) is 51.7 Å². The molecule has 0 radical (unpaired) electrons. The predicted octanol–water partition coefficient (Wildman–Crippen LogP) is 2.93. The summed E-state index contributed by atoms with van der Waals surface area (Å²) in [5.74, 6) is -0.549. The van der Waals surface area contributed by atoms with E-state index >= 15 is 0 Å². The molecule has 3 aliphatic rings. The van der Waals surface area contributed by atoms with E-state index in [0.717, 1.165) is 19.3 Å². The first-order chi connectivity index (χ1) is 17.0. The molecule has 0 bridgehead atoms. The Morgan fingerprint density at radius 2 is 1.83 bits per heavy atom. The largest absolute Gasteiger partial charge is 0.465 e. The Labute approximate surface area is 216 Å². The first-order valence-corrected chi connectivity index (χ1v) is 13.7. The van der Waals surface area contributed by atoms with Crippen LogP contribution in [0.15, 0.2) is 0 Å². The Morgan fingerprint density at radius 3 is 2.53 bits per heavy atom. The molecule has 0 amide bonds. The minimum Gasteiger partial charge on any atom is -0.465 e. The van der Waals surface area contributed by atoms with Crippen molar-refractivity contribution in [1.29, 1.82) is 0 Å². The highest BCUT2D eigenvalue weighted by Crippen LogP contribution is 2.33. The number of ether oxygens (including phenoxy) is 4. The van der Waals surface area contributed by atoms with E-state index in [1.165, 1.54) is 0 Å². The summed E-state index contributed by atoms with van der Waals surface area (Å²) in [6.07, 6.45) is 4.52. The van der Waals surface area contributed by atoms with E-state index in [-0.39, 0.29) is 42.1 Å². The van der Waals surface area contributed by atoms with E-state index < -0.39 is 18.0 Å². The molecule has 8 atom stereocenters. The second-order valence-electron chi connectivity index (χ2n) is 11.7. The van der Waals surface area contributed by atoms with Crippen LogP contribution in [0.1, 0.15) is 78.6 Å². The number of nitrogens with zero attached hydrogens (tertiary/aromatic N) is 2. The molecule has 0 saturated carbocycles. The van der Waals surface area contributed by atoms with Gasteiger partial charge >= 0.3 is 5.97 Å². The van der Waals surface area contributed by atoms with E-state index in [1.54, 1.807) is 0 Å². The second kappa shape index (κ2) is 13.1. The first kappa shape index (κ1) is 29.5. The summed E-state index contributed by atoms with van der Waals surface area (Å²) >= 11 is 0. The lowest BCUT2D eigenvalue weighted by Gasteiger charge is -2.35. The van der Waals surface area contributed by atoms with Crippen LogP contribution < -0.4 is 0 Å². The summed E-state index contributed by atoms with van der Waals surface area (Å²) in [4.78, 5) is 30.3. The number of epoxide rings is 1. The molecule has 3 fully saturated rings. The lowest BCUT2D eigenvalue weighted by molar-refractivity contribution is -0.184. The molecule has 0 aliphatic carbocycles. The number of carbonyl (C=O) groups excluding carboxylic acids is 2. The number of hydrogen-bond acceptors (Lipinski definition) is 9. The number of likely N-dealkylation sites (N-methyl/N-ethyl adjacent to an activating group) is 2. The molecule has 9 nitrogen and oxygen atoms in total. The molecule has 0 spiro atoms. The number of rotatable bonds is 5. The SMILES string of the molecule is CC1CCCOC(=O)C(CC2(C)CN(C)C(C)CC(O)O2)CCCCCC(OC2OC2N(C)C)C1=O. The zero-order valence-electron chi connectivity index (χ0n) is 23.1. The average molecular weight is 513 g/mol. The lowest BCUT2D eigenvalue weighted by atomic mass is 9.87. The van der Waals surface area contributed by atoms with Crippen molar-refractivity contribution in [2.24, 2.45) is 11.8 Å². The van der Waals surface area contributed by atoms with Crippen molar-refractivity contribution in [3.05, 3.63) is 0 Å². The van der Waals surface area contributed by atoms with Gasteiger partial charge in [0.05, 0.1) is 18.1 Å². The summed E-state index contributed by atoms with van der Waals surface area (Å²) in [7, 11) is 5.90. The fourth-order valence-corrected chi connectivity index (χ4v) is 5.54. The molecule has 1 N–H and O–H groups in total. The molecule has 3 rings (SSSR count). The Balaban J connectivity index is 1.61. The molecule has 3 aliphatic heterocycles. The molecular formula is C27H48N2O7. The van der Waals surface area contributed by atoms with Crippen molar-refractivity contribution in [1.82, 2.24) is 9.80 Å². The molecule has 0 aromatic rings. The van der Waals surface area contributed by atoms with Gasteiger partial charge in [0.1, 0.15) is 6.10 Å². The highest BCUT2D eigenvalue weighted by molar-refractivity contribution is 5.85. The standard InChI is InChI=1S/C27H48N2O7/c1-18-11-10-14-33-25(32)20(16-27(3)17-29(6)19(2)15-22(30)36-27)12-8-7-9-13-21(23(18)31)34-26-24(35-26)28(4)5/h18-22,24,26,30H,7-17H2,1-6H3. The fourth-order valence-electron chi connectivity index (χ4n) is 5.54.